The predicted octanol–water partition coefficient (Wildman–Crippen LogP) is 3.72. The summed E-state index contributed by atoms with van der Waals surface area (Å²) in [4.78, 5) is 35.4. The smallest absolute Gasteiger partial charge is 0.331 e. The van der Waals surface area contributed by atoms with Crippen LogP contribution < -0.4 is 0 Å². The number of ether oxygens (including phenoxy) is 3. The van der Waals surface area contributed by atoms with Crippen molar-refractivity contribution in [3.05, 3.63) is 11.6 Å². The van der Waals surface area contributed by atoms with Gasteiger partial charge in [0.2, 0.25) is 0 Å². The SMILES string of the molecule is CC(=O)O[C@@H]1CC[C@@]2(C)[C@H](CC[C@@H]3[C@@H]2CC[C@]2(C)[C@H](C4=CC(=O)OC4)[C@@H](OC(C)=O)C[C@@]32O)C1. The molecule has 0 aromatic heterocycles. The number of fused-ring (bicyclic) bond motifs is 5. The summed E-state index contributed by atoms with van der Waals surface area (Å²) in [5, 5.41) is 12.5. The molecule has 4 fully saturated rings. The minimum atomic E-state index is -0.978. The van der Waals surface area contributed by atoms with Crippen molar-refractivity contribution in [3.8, 4) is 0 Å². The van der Waals surface area contributed by atoms with Crippen LogP contribution in [0.3, 0.4) is 0 Å². The van der Waals surface area contributed by atoms with Crippen LogP contribution in [-0.2, 0) is 28.6 Å². The van der Waals surface area contributed by atoms with Gasteiger partial charge in [-0.1, -0.05) is 13.8 Å². The Kier molecular flexibility index (Phi) is 5.66. The van der Waals surface area contributed by atoms with Crippen LogP contribution in [0.15, 0.2) is 11.6 Å². The molecule has 9 atom stereocenters. The molecule has 5 rings (SSSR count). The fourth-order valence-electron chi connectivity index (χ4n) is 9.08. The van der Waals surface area contributed by atoms with Crippen molar-refractivity contribution in [2.75, 3.05) is 6.61 Å². The van der Waals surface area contributed by atoms with Gasteiger partial charge in [-0.05, 0) is 73.7 Å². The number of cyclic esters (lactones) is 1. The van der Waals surface area contributed by atoms with Crippen LogP contribution in [0.4, 0.5) is 0 Å². The number of carbonyl (C=O) groups is 3. The molecule has 4 aliphatic carbocycles. The summed E-state index contributed by atoms with van der Waals surface area (Å²) in [6, 6.07) is 0. The average Bonchev–Trinajstić information content (AvgIpc) is 3.25. The van der Waals surface area contributed by atoms with Crippen LogP contribution in [0.5, 0.6) is 0 Å². The minimum Gasteiger partial charge on any atom is -0.463 e. The molecule has 7 heteroatoms. The molecule has 0 aromatic carbocycles. The van der Waals surface area contributed by atoms with Gasteiger partial charge in [0, 0.05) is 37.7 Å². The molecule has 188 valence electrons. The quantitative estimate of drug-likeness (QED) is 0.492. The number of rotatable bonds is 3. The van der Waals surface area contributed by atoms with E-state index in [4.69, 9.17) is 14.2 Å². The zero-order chi connectivity index (χ0) is 24.5. The highest BCUT2D eigenvalue weighted by Gasteiger charge is 2.71. The van der Waals surface area contributed by atoms with Crippen LogP contribution in [0.1, 0.15) is 79.1 Å². The molecule has 1 aliphatic heterocycles. The van der Waals surface area contributed by atoms with Gasteiger partial charge in [-0.15, -0.1) is 0 Å². The number of aliphatic hydroxyl groups is 1. The molecule has 0 unspecified atom stereocenters. The minimum absolute atomic E-state index is 0.000108. The summed E-state index contributed by atoms with van der Waals surface area (Å²) < 4.78 is 16.6. The first-order valence-electron chi connectivity index (χ1n) is 12.9. The lowest BCUT2D eigenvalue weighted by Gasteiger charge is -2.63. The first-order valence-corrected chi connectivity index (χ1v) is 12.9. The van der Waals surface area contributed by atoms with Crippen LogP contribution in [-0.4, -0.2) is 47.4 Å². The van der Waals surface area contributed by atoms with Gasteiger partial charge in [0.25, 0.3) is 0 Å². The van der Waals surface area contributed by atoms with E-state index in [0.29, 0.717) is 18.3 Å². The Labute approximate surface area is 201 Å². The highest BCUT2D eigenvalue weighted by atomic mass is 16.6. The lowest BCUT2D eigenvalue weighted by Crippen LogP contribution is -2.62. The van der Waals surface area contributed by atoms with Crippen LogP contribution in [0, 0.1) is 34.5 Å². The van der Waals surface area contributed by atoms with E-state index in [1.807, 2.05) is 0 Å². The van der Waals surface area contributed by atoms with E-state index in [1.165, 1.54) is 13.8 Å². The number of hydrogen-bond acceptors (Lipinski definition) is 7. The molecule has 0 amide bonds. The molecule has 4 saturated carbocycles. The lowest BCUT2D eigenvalue weighted by atomic mass is 9.43. The Hall–Kier alpha value is -1.89. The zero-order valence-electron chi connectivity index (χ0n) is 20.8. The number of carbonyl (C=O) groups excluding carboxylic acids is 3. The second-order valence-corrected chi connectivity index (χ2v) is 12.0. The van der Waals surface area contributed by atoms with Gasteiger partial charge < -0.3 is 19.3 Å². The van der Waals surface area contributed by atoms with Crippen LogP contribution >= 0.6 is 0 Å². The average molecular weight is 475 g/mol. The summed E-state index contributed by atoms with van der Waals surface area (Å²) in [5.74, 6) is -0.190. The molecular weight excluding hydrogens is 436 g/mol. The standard InChI is InChI=1S/C27H38O7/c1-15(28)33-19-7-9-25(3)18(12-19)5-6-21-20(25)8-10-26(4)24(17-11-23(30)32-14-17)22(34-16(2)29)13-27(21,26)31/h11,18-22,24,31H,5-10,12-14H2,1-4H3/t18-,19-,20+,21-,22+,24-,25+,26-,27-/m1/s1. The Morgan fingerprint density at radius 1 is 1.03 bits per heavy atom. The monoisotopic (exact) mass is 474 g/mol. The van der Waals surface area contributed by atoms with Crippen molar-refractivity contribution >= 4 is 17.9 Å². The van der Waals surface area contributed by atoms with Crippen molar-refractivity contribution in [1.82, 2.24) is 0 Å². The molecule has 0 aromatic rings. The van der Waals surface area contributed by atoms with E-state index >= 15 is 0 Å². The lowest BCUT2D eigenvalue weighted by molar-refractivity contribution is -0.210. The van der Waals surface area contributed by atoms with E-state index in [-0.39, 0.29) is 47.9 Å². The molecule has 34 heavy (non-hydrogen) atoms. The van der Waals surface area contributed by atoms with E-state index in [2.05, 4.69) is 13.8 Å². The topological polar surface area (TPSA) is 99.1 Å². The number of hydrogen-bond donors (Lipinski definition) is 1. The van der Waals surface area contributed by atoms with Crippen molar-refractivity contribution in [2.45, 2.75) is 96.9 Å². The molecule has 0 radical (unpaired) electrons. The third kappa shape index (κ3) is 3.44. The Bertz CT molecular complexity index is 926. The van der Waals surface area contributed by atoms with Crippen LogP contribution in [0.25, 0.3) is 0 Å². The molecule has 5 aliphatic rings. The first-order chi connectivity index (χ1) is 16.0. The maximum absolute atomic E-state index is 12.5. The Morgan fingerprint density at radius 3 is 2.41 bits per heavy atom. The predicted molar refractivity (Wildman–Crippen MR) is 122 cm³/mol. The number of esters is 3. The molecule has 1 N–H and O–H groups in total. The second-order valence-electron chi connectivity index (χ2n) is 12.0. The summed E-state index contributed by atoms with van der Waals surface area (Å²) in [5.41, 5.74) is -0.535. The normalized spacial score (nSPS) is 47.6. The maximum Gasteiger partial charge on any atom is 0.331 e. The third-order valence-corrected chi connectivity index (χ3v) is 10.5. The van der Waals surface area contributed by atoms with Gasteiger partial charge in [-0.3, -0.25) is 9.59 Å². The van der Waals surface area contributed by atoms with E-state index < -0.39 is 17.1 Å². The highest BCUT2D eigenvalue weighted by Crippen LogP contribution is 2.70. The van der Waals surface area contributed by atoms with Crippen molar-refractivity contribution < 1.29 is 33.7 Å². The summed E-state index contributed by atoms with van der Waals surface area (Å²) in [6.45, 7) is 7.61. The van der Waals surface area contributed by atoms with Gasteiger partial charge in [0.1, 0.15) is 18.8 Å². The van der Waals surface area contributed by atoms with E-state index in [1.54, 1.807) is 6.08 Å². The van der Waals surface area contributed by atoms with E-state index in [9.17, 15) is 19.5 Å². The molecular formula is C27H38O7. The second kappa shape index (κ2) is 8.07. The zero-order valence-corrected chi connectivity index (χ0v) is 20.8. The largest absolute Gasteiger partial charge is 0.463 e. The molecule has 1 heterocycles. The molecule has 0 saturated heterocycles. The fraction of sp³-hybridized carbons (Fsp3) is 0.815. The molecule has 7 nitrogen and oxygen atoms in total. The third-order valence-electron chi connectivity index (χ3n) is 10.5. The molecule has 0 spiro atoms. The van der Waals surface area contributed by atoms with Gasteiger partial charge in [0.05, 0.1) is 5.60 Å². The van der Waals surface area contributed by atoms with Gasteiger partial charge in [-0.25, -0.2) is 4.79 Å². The summed E-state index contributed by atoms with van der Waals surface area (Å²) in [6.07, 6.45) is 7.98. The summed E-state index contributed by atoms with van der Waals surface area (Å²) in [7, 11) is 0. The first kappa shape index (κ1) is 23.8. The Morgan fingerprint density at radius 2 is 1.76 bits per heavy atom. The van der Waals surface area contributed by atoms with E-state index in [0.717, 1.165) is 50.5 Å². The fourth-order valence-corrected chi connectivity index (χ4v) is 9.08. The molecule has 0 bridgehead atoms. The van der Waals surface area contributed by atoms with Crippen molar-refractivity contribution in [3.63, 3.8) is 0 Å². The highest BCUT2D eigenvalue weighted by molar-refractivity contribution is 5.85. The van der Waals surface area contributed by atoms with Crippen LogP contribution in [0.2, 0.25) is 0 Å². The van der Waals surface area contributed by atoms with Crippen molar-refractivity contribution in [2.24, 2.45) is 34.5 Å². The Balaban J connectivity index is 1.46. The maximum atomic E-state index is 12.5. The van der Waals surface area contributed by atoms with Gasteiger partial charge in [0.15, 0.2) is 0 Å². The van der Waals surface area contributed by atoms with Gasteiger partial charge in [-0.2, -0.15) is 0 Å². The van der Waals surface area contributed by atoms with Crippen molar-refractivity contribution in [1.29, 1.82) is 0 Å². The van der Waals surface area contributed by atoms with Gasteiger partial charge >= 0.3 is 17.9 Å². The summed E-state index contributed by atoms with van der Waals surface area (Å²) >= 11 is 0.